The van der Waals surface area contributed by atoms with E-state index in [9.17, 15) is 14.7 Å². The molecule has 1 aliphatic heterocycles. The van der Waals surface area contributed by atoms with Crippen molar-refractivity contribution in [1.29, 1.82) is 0 Å². The van der Waals surface area contributed by atoms with Crippen molar-refractivity contribution in [2.24, 2.45) is 0 Å². The molecule has 6 rings (SSSR count). The Kier molecular flexibility index (Phi) is 5.65. The van der Waals surface area contributed by atoms with Gasteiger partial charge in [-0.3, -0.25) is 4.79 Å². The van der Waals surface area contributed by atoms with Gasteiger partial charge in [0.25, 0.3) is 0 Å². The zero-order chi connectivity index (χ0) is 25.0. The SMILES string of the molecule is Cc1nn(-c2ccccc2C(=O)O)c2c1[C@@H](c1cccc(Br)c1)C1=C(C[C@@H](c3cccs3)CC1=O)N2. The van der Waals surface area contributed by atoms with Crippen LogP contribution in [0.3, 0.4) is 0 Å². The number of hydrogen-bond donors (Lipinski definition) is 2. The average molecular weight is 560 g/mol. The molecule has 0 spiro atoms. The first kappa shape index (κ1) is 22.9. The lowest BCUT2D eigenvalue weighted by atomic mass is 9.73. The Morgan fingerprint density at radius 2 is 1.97 bits per heavy atom. The Morgan fingerprint density at radius 3 is 2.72 bits per heavy atom. The second kappa shape index (κ2) is 8.87. The predicted molar refractivity (Wildman–Crippen MR) is 143 cm³/mol. The van der Waals surface area contributed by atoms with Crippen LogP contribution in [0.2, 0.25) is 0 Å². The third-order valence-corrected chi connectivity index (χ3v) is 8.48. The maximum atomic E-state index is 13.7. The van der Waals surface area contributed by atoms with Gasteiger partial charge in [0.15, 0.2) is 5.78 Å². The lowest BCUT2D eigenvalue weighted by Gasteiger charge is -2.35. The third kappa shape index (κ3) is 3.72. The summed E-state index contributed by atoms with van der Waals surface area (Å²) in [6, 6.07) is 19.0. The number of nitrogens with one attached hydrogen (secondary N) is 1. The van der Waals surface area contributed by atoms with E-state index in [1.165, 1.54) is 4.88 Å². The number of hydrogen-bond acceptors (Lipinski definition) is 5. The maximum Gasteiger partial charge on any atom is 0.337 e. The van der Waals surface area contributed by atoms with Crippen LogP contribution in [0.5, 0.6) is 0 Å². The van der Waals surface area contributed by atoms with Gasteiger partial charge < -0.3 is 10.4 Å². The Hall–Kier alpha value is -3.49. The summed E-state index contributed by atoms with van der Waals surface area (Å²) >= 11 is 5.27. The van der Waals surface area contributed by atoms with Gasteiger partial charge in [-0.25, -0.2) is 9.48 Å². The van der Waals surface area contributed by atoms with Crippen molar-refractivity contribution in [2.45, 2.75) is 31.6 Å². The van der Waals surface area contributed by atoms with E-state index in [-0.39, 0.29) is 23.2 Å². The van der Waals surface area contributed by atoms with E-state index in [4.69, 9.17) is 5.10 Å². The van der Waals surface area contributed by atoms with E-state index >= 15 is 0 Å². The minimum atomic E-state index is -1.02. The molecule has 0 bridgehead atoms. The molecule has 0 fully saturated rings. The van der Waals surface area contributed by atoms with Crippen LogP contribution in [0.1, 0.15) is 56.7 Å². The Morgan fingerprint density at radius 1 is 1.14 bits per heavy atom. The number of carbonyl (C=O) groups is 2. The lowest BCUT2D eigenvalue weighted by Crippen LogP contribution is -2.30. The van der Waals surface area contributed by atoms with E-state index in [1.54, 1.807) is 40.3 Å². The first-order valence-electron chi connectivity index (χ1n) is 11.7. The number of carboxylic acids is 1. The normalized spacial score (nSPS) is 19.0. The van der Waals surface area contributed by atoms with E-state index in [0.717, 1.165) is 32.6 Å². The smallest absolute Gasteiger partial charge is 0.337 e. The van der Waals surface area contributed by atoms with Gasteiger partial charge in [0.2, 0.25) is 0 Å². The molecule has 2 aromatic heterocycles. The molecule has 6 nitrogen and oxygen atoms in total. The van der Waals surface area contributed by atoms with Crippen LogP contribution in [0.15, 0.2) is 81.8 Å². The highest BCUT2D eigenvalue weighted by molar-refractivity contribution is 9.10. The van der Waals surface area contributed by atoms with Crippen LogP contribution in [-0.2, 0) is 4.79 Å². The zero-order valence-electron chi connectivity index (χ0n) is 19.4. The molecule has 8 heteroatoms. The Balaban J connectivity index is 1.57. The monoisotopic (exact) mass is 559 g/mol. The largest absolute Gasteiger partial charge is 0.478 e. The number of aromatic carboxylic acids is 1. The second-order valence-corrected chi connectivity index (χ2v) is 11.0. The van der Waals surface area contributed by atoms with Gasteiger partial charge >= 0.3 is 5.97 Å². The quantitative estimate of drug-likeness (QED) is 0.292. The number of allylic oxidation sites excluding steroid dienone is 2. The number of carbonyl (C=O) groups excluding carboxylic acids is 1. The highest BCUT2D eigenvalue weighted by atomic mass is 79.9. The maximum absolute atomic E-state index is 13.7. The Labute approximate surface area is 220 Å². The summed E-state index contributed by atoms with van der Waals surface area (Å²) in [5.41, 5.74) is 4.96. The van der Waals surface area contributed by atoms with Crippen LogP contribution in [0.25, 0.3) is 5.69 Å². The fraction of sp³-hybridized carbons (Fsp3) is 0.179. The minimum absolute atomic E-state index is 0.109. The molecular formula is C28H22BrN3O3S. The van der Waals surface area contributed by atoms with Gasteiger partial charge in [0.05, 0.1) is 16.9 Å². The molecule has 1 aliphatic carbocycles. The molecule has 2 aliphatic rings. The number of halogens is 1. The van der Waals surface area contributed by atoms with Crippen LogP contribution in [0, 0.1) is 6.92 Å². The van der Waals surface area contributed by atoms with Gasteiger partial charge in [-0.15, -0.1) is 11.3 Å². The molecule has 4 aromatic rings. The molecule has 0 radical (unpaired) electrons. The Bertz CT molecular complexity index is 1550. The first-order valence-corrected chi connectivity index (χ1v) is 13.3. The highest BCUT2D eigenvalue weighted by Crippen LogP contribution is 2.50. The summed E-state index contributed by atoms with van der Waals surface area (Å²) in [7, 11) is 0. The number of fused-ring (bicyclic) bond motifs is 1. The number of aromatic nitrogens is 2. The third-order valence-electron chi connectivity index (χ3n) is 6.95. The van der Waals surface area contributed by atoms with E-state index in [1.807, 2.05) is 42.6 Å². The number of aryl methyl sites for hydroxylation is 1. The topological polar surface area (TPSA) is 84.2 Å². The van der Waals surface area contributed by atoms with Crippen LogP contribution < -0.4 is 5.32 Å². The van der Waals surface area contributed by atoms with Crippen molar-refractivity contribution in [1.82, 2.24) is 9.78 Å². The fourth-order valence-electron chi connectivity index (χ4n) is 5.43. The molecule has 0 saturated carbocycles. The average Bonchev–Trinajstić information content (AvgIpc) is 3.51. The van der Waals surface area contributed by atoms with E-state index in [0.29, 0.717) is 24.3 Å². The summed E-state index contributed by atoms with van der Waals surface area (Å²) in [5.74, 6) is -0.355. The molecule has 0 unspecified atom stereocenters. The zero-order valence-corrected chi connectivity index (χ0v) is 21.8. The number of carboxylic acid groups (broad SMARTS) is 1. The van der Waals surface area contributed by atoms with E-state index < -0.39 is 5.97 Å². The molecule has 2 atom stereocenters. The number of benzene rings is 2. The predicted octanol–water partition coefficient (Wildman–Crippen LogP) is 6.66. The molecule has 0 amide bonds. The number of nitrogens with zero attached hydrogens (tertiary/aromatic N) is 2. The van der Waals surface area contributed by atoms with Gasteiger partial charge in [0, 0.05) is 44.4 Å². The number of thiophene rings is 1. The highest BCUT2D eigenvalue weighted by Gasteiger charge is 2.41. The molecule has 2 N–H and O–H groups in total. The fourth-order valence-corrected chi connectivity index (χ4v) is 6.68. The number of Topliss-reactive ketones (excluding diaryl/α,β-unsaturated/α-hetero) is 1. The number of anilines is 1. The molecule has 0 saturated heterocycles. The first-order chi connectivity index (χ1) is 17.4. The van der Waals surface area contributed by atoms with Crippen LogP contribution >= 0.6 is 27.3 Å². The molecule has 180 valence electrons. The summed E-state index contributed by atoms with van der Waals surface area (Å²) in [4.78, 5) is 26.9. The molecular weight excluding hydrogens is 538 g/mol. The van der Waals surface area contributed by atoms with Crippen molar-refractivity contribution in [3.63, 3.8) is 0 Å². The van der Waals surface area contributed by atoms with Gasteiger partial charge in [0.1, 0.15) is 5.82 Å². The summed E-state index contributed by atoms with van der Waals surface area (Å²) < 4.78 is 2.62. The molecule has 2 aromatic carbocycles. The van der Waals surface area contributed by atoms with Crippen molar-refractivity contribution in [3.05, 3.63) is 109 Å². The van der Waals surface area contributed by atoms with Crippen molar-refractivity contribution in [3.8, 4) is 5.69 Å². The standard InChI is InChI=1S/C28H22BrN3O3S/c1-15-24-25(16-6-4-7-18(29)12-16)26-20(13-17(14-22(26)33)23-10-5-11-36-23)30-27(24)32(31-15)21-9-3-2-8-19(21)28(34)35/h2-12,17,25,30H,13-14H2,1H3,(H,34,35)/t17-,25-/m1/s1. The summed E-state index contributed by atoms with van der Waals surface area (Å²) in [6.07, 6.45) is 1.17. The van der Waals surface area contributed by atoms with Crippen molar-refractivity contribution in [2.75, 3.05) is 5.32 Å². The van der Waals surface area contributed by atoms with Gasteiger partial charge in [-0.2, -0.15) is 5.10 Å². The number of ketones is 1. The van der Waals surface area contributed by atoms with Gasteiger partial charge in [-0.05, 0) is 54.6 Å². The van der Waals surface area contributed by atoms with Crippen LogP contribution in [0.4, 0.5) is 5.82 Å². The number of rotatable bonds is 4. The van der Waals surface area contributed by atoms with Crippen molar-refractivity contribution >= 4 is 44.8 Å². The summed E-state index contributed by atoms with van der Waals surface area (Å²) in [6.45, 7) is 1.92. The number of para-hydroxylation sites is 1. The summed E-state index contributed by atoms with van der Waals surface area (Å²) in [5, 5.41) is 20.2. The van der Waals surface area contributed by atoms with E-state index in [2.05, 4.69) is 27.3 Å². The van der Waals surface area contributed by atoms with Crippen LogP contribution in [-0.4, -0.2) is 26.6 Å². The van der Waals surface area contributed by atoms with Gasteiger partial charge in [-0.1, -0.05) is 46.3 Å². The minimum Gasteiger partial charge on any atom is -0.478 e. The molecule has 36 heavy (non-hydrogen) atoms. The lowest BCUT2D eigenvalue weighted by molar-refractivity contribution is -0.116. The second-order valence-electron chi connectivity index (χ2n) is 9.13. The van der Waals surface area contributed by atoms with Crippen molar-refractivity contribution < 1.29 is 14.7 Å². The molecule has 3 heterocycles.